The van der Waals surface area contributed by atoms with E-state index in [0.29, 0.717) is 30.4 Å². The maximum atomic E-state index is 12.4. The highest BCUT2D eigenvalue weighted by molar-refractivity contribution is 5.79. The first-order valence-electron chi connectivity index (χ1n) is 13.4. The minimum Gasteiger partial charge on any atom is -0.478 e. The number of carbonyl (C=O) groups is 1. The van der Waals surface area contributed by atoms with Crippen molar-refractivity contribution in [2.75, 3.05) is 13.2 Å². The van der Waals surface area contributed by atoms with Gasteiger partial charge in [-0.1, -0.05) is 89.1 Å². The fourth-order valence-corrected chi connectivity index (χ4v) is 3.98. The maximum absolute atomic E-state index is 12.4. The number of rotatable bonds is 16. The lowest BCUT2D eigenvalue weighted by molar-refractivity contribution is -0.148. The van der Waals surface area contributed by atoms with Gasteiger partial charge >= 0.3 is 11.6 Å². The third-order valence-electron chi connectivity index (χ3n) is 6.46. The smallest absolute Gasteiger partial charge is 0.345 e. The molecule has 0 saturated heterocycles. The van der Waals surface area contributed by atoms with Crippen molar-refractivity contribution in [3.8, 4) is 17.0 Å². The SMILES string of the molecule is CCC(C)C(=O)OCCCCCCCCCCCOc1ccc2cc(-c3ccccc3)c(=O)oc2n1. The Hall–Kier alpha value is -3.15. The minimum absolute atomic E-state index is 0.00969. The van der Waals surface area contributed by atoms with Crippen molar-refractivity contribution in [1.29, 1.82) is 0 Å². The molecule has 6 nitrogen and oxygen atoms in total. The average molecular weight is 494 g/mol. The summed E-state index contributed by atoms with van der Waals surface area (Å²) in [6.07, 6.45) is 11.1. The molecule has 0 saturated carbocycles. The number of carbonyl (C=O) groups excluding carboxylic acids is 1. The van der Waals surface area contributed by atoms with E-state index in [-0.39, 0.29) is 11.9 Å². The van der Waals surface area contributed by atoms with Crippen LogP contribution in [0.1, 0.15) is 78.1 Å². The van der Waals surface area contributed by atoms with Gasteiger partial charge in [-0.05, 0) is 37.0 Å². The number of nitrogens with zero attached hydrogens (tertiary/aromatic N) is 1. The molecular formula is C30H39NO5. The summed E-state index contributed by atoms with van der Waals surface area (Å²) in [5.41, 5.74) is 1.25. The Balaban J connectivity index is 1.25. The van der Waals surface area contributed by atoms with Gasteiger partial charge < -0.3 is 13.9 Å². The van der Waals surface area contributed by atoms with Gasteiger partial charge in [-0.3, -0.25) is 4.79 Å². The molecule has 2 aromatic heterocycles. The fourth-order valence-electron chi connectivity index (χ4n) is 3.98. The molecule has 3 aromatic rings. The Kier molecular flexibility index (Phi) is 11.5. The third-order valence-corrected chi connectivity index (χ3v) is 6.46. The highest BCUT2D eigenvalue weighted by Crippen LogP contribution is 2.22. The third kappa shape index (κ3) is 8.81. The highest BCUT2D eigenvalue weighted by Gasteiger charge is 2.11. The number of unbranched alkanes of at least 4 members (excludes halogenated alkanes) is 8. The summed E-state index contributed by atoms with van der Waals surface area (Å²) >= 11 is 0. The van der Waals surface area contributed by atoms with Crippen molar-refractivity contribution in [1.82, 2.24) is 4.98 Å². The summed E-state index contributed by atoms with van der Waals surface area (Å²) in [5.74, 6) is 0.422. The summed E-state index contributed by atoms with van der Waals surface area (Å²) < 4.78 is 16.5. The molecular weight excluding hydrogens is 454 g/mol. The zero-order valence-corrected chi connectivity index (χ0v) is 21.7. The molecule has 36 heavy (non-hydrogen) atoms. The molecule has 1 aromatic carbocycles. The molecule has 2 heterocycles. The van der Waals surface area contributed by atoms with Crippen LogP contribution in [0, 0.1) is 5.92 Å². The summed E-state index contributed by atoms with van der Waals surface area (Å²) in [5, 5.41) is 0.771. The minimum atomic E-state index is -0.400. The van der Waals surface area contributed by atoms with Gasteiger partial charge in [0.2, 0.25) is 11.6 Å². The zero-order valence-electron chi connectivity index (χ0n) is 21.7. The molecule has 6 heteroatoms. The molecule has 0 bridgehead atoms. The van der Waals surface area contributed by atoms with Gasteiger partial charge in [0.1, 0.15) is 0 Å². The monoisotopic (exact) mass is 493 g/mol. The van der Waals surface area contributed by atoms with E-state index in [0.717, 1.165) is 43.1 Å². The summed E-state index contributed by atoms with van der Waals surface area (Å²) in [4.78, 5) is 28.4. The largest absolute Gasteiger partial charge is 0.478 e. The standard InChI is InChI=1S/C30H39NO5/c1-3-23(2)29(32)35-21-15-10-8-6-4-5-7-9-14-20-34-27-19-18-25-22-26(24-16-12-11-13-17-24)30(33)36-28(25)31-27/h11-13,16-19,22-23H,3-10,14-15,20-21H2,1-2H3. The number of aromatic nitrogens is 1. The lowest BCUT2D eigenvalue weighted by Gasteiger charge is -2.09. The number of pyridine rings is 1. The molecule has 1 atom stereocenters. The number of benzene rings is 1. The second-order valence-electron chi connectivity index (χ2n) is 9.36. The van der Waals surface area contributed by atoms with Gasteiger partial charge in [-0.2, -0.15) is 4.98 Å². The van der Waals surface area contributed by atoms with Crippen molar-refractivity contribution in [3.63, 3.8) is 0 Å². The lowest BCUT2D eigenvalue weighted by Crippen LogP contribution is -2.14. The Bertz CT molecular complexity index is 1130. The van der Waals surface area contributed by atoms with Crippen LogP contribution in [0.2, 0.25) is 0 Å². The summed E-state index contributed by atoms with van der Waals surface area (Å²) in [6.45, 7) is 5.07. The first-order valence-corrected chi connectivity index (χ1v) is 13.4. The summed E-state index contributed by atoms with van der Waals surface area (Å²) in [6, 6.07) is 15.0. The number of hydrogen-bond donors (Lipinski definition) is 0. The molecule has 3 rings (SSSR count). The first-order chi connectivity index (χ1) is 17.6. The molecule has 0 aliphatic rings. The predicted octanol–water partition coefficient (Wildman–Crippen LogP) is 7.33. The van der Waals surface area contributed by atoms with Crippen LogP contribution in [0.3, 0.4) is 0 Å². The van der Waals surface area contributed by atoms with Crippen LogP contribution in [0.4, 0.5) is 0 Å². The molecule has 0 fully saturated rings. The van der Waals surface area contributed by atoms with Crippen LogP contribution in [-0.4, -0.2) is 24.2 Å². The topological polar surface area (TPSA) is 78.6 Å². The van der Waals surface area contributed by atoms with Crippen LogP contribution in [0.15, 0.2) is 57.7 Å². The predicted molar refractivity (Wildman–Crippen MR) is 143 cm³/mol. The first kappa shape index (κ1) is 27.4. The van der Waals surface area contributed by atoms with Crippen molar-refractivity contribution in [2.45, 2.75) is 78.1 Å². The van der Waals surface area contributed by atoms with Crippen molar-refractivity contribution < 1.29 is 18.7 Å². The fraction of sp³-hybridized carbons (Fsp3) is 0.500. The van der Waals surface area contributed by atoms with Gasteiger partial charge in [0.05, 0.1) is 24.7 Å². The van der Waals surface area contributed by atoms with E-state index in [1.54, 1.807) is 0 Å². The van der Waals surface area contributed by atoms with Gasteiger partial charge in [0.25, 0.3) is 0 Å². The second-order valence-corrected chi connectivity index (χ2v) is 9.36. The number of esters is 1. The Labute approximate surface area is 214 Å². The number of ether oxygens (including phenoxy) is 2. The van der Waals surface area contributed by atoms with Crippen molar-refractivity contribution >= 4 is 17.1 Å². The van der Waals surface area contributed by atoms with Crippen LogP contribution >= 0.6 is 0 Å². The molecule has 0 radical (unpaired) electrons. The quantitative estimate of drug-likeness (QED) is 0.153. The molecule has 194 valence electrons. The van der Waals surface area contributed by atoms with Gasteiger partial charge in [-0.25, -0.2) is 4.79 Å². The number of fused-ring (bicyclic) bond motifs is 1. The second kappa shape index (κ2) is 15.1. The van der Waals surface area contributed by atoms with Crippen LogP contribution in [0.25, 0.3) is 22.2 Å². The van der Waals surface area contributed by atoms with Crippen LogP contribution < -0.4 is 10.4 Å². The van der Waals surface area contributed by atoms with Crippen LogP contribution in [0.5, 0.6) is 5.88 Å². The van der Waals surface area contributed by atoms with E-state index in [4.69, 9.17) is 13.9 Å². The normalized spacial score (nSPS) is 11.9. The van der Waals surface area contributed by atoms with E-state index < -0.39 is 5.63 Å². The molecule has 0 aliphatic heterocycles. The van der Waals surface area contributed by atoms with E-state index >= 15 is 0 Å². The Morgan fingerprint density at radius 2 is 1.53 bits per heavy atom. The zero-order chi connectivity index (χ0) is 25.6. The molecule has 0 amide bonds. The van der Waals surface area contributed by atoms with E-state index in [1.165, 1.54) is 32.1 Å². The van der Waals surface area contributed by atoms with E-state index in [9.17, 15) is 9.59 Å². The van der Waals surface area contributed by atoms with E-state index in [2.05, 4.69) is 4.98 Å². The summed E-state index contributed by atoms with van der Waals surface area (Å²) in [7, 11) is 0. The van der Waals surface area contributed by atoms with Crippen LogP contribution in [-0.2, 0) is 9.53 Å². The molecule has 0 N–H and O–H groups in total. The van der Waals surface area contributed by atoms with Gasteiger partial charge in [-0.15, -0.1) is 0 Å². The molecule has 1 unspecified atom stereocenters. The van der Waals surface area contributed by atoms with Crippen molar-refractivity contribution in [3.05, 3.63) is 59.0 Å². The molecule has 0 spiro atoms. The van der Waals surface area contributed by atoms with Crippen molar-refractivity contribution in [2.24, 2.45) is 5.92 Å². The molecule has 0 aliphatic carbocycles. The lowest BCUT2D eigenvalue weighted by atomic mass is 10.1. The maximum Gasteiger partial charge on any atom is 0.345 e. The highest BCUT2D eigenvalue weighted by atomic mass is 16.5. The van der Waals surface area contributed by atoms with E-state index in [1.807, 2.05) is 62.4 Å². The van der Waals surface area contributed by atoms with Gasteiger partial charge in [0.15, 0.2) is 0 Å². The Morgan fingerprint density at radius 1 is 0.889 bits per heavy atom. The Morgan fingerprint density at radius 3 is 2.19 bits per heavy atom. The van der Waals surface area contributed by atoms with Gasteiger partial charge in [0, 0.05) is 11.5 Å². The number of hydrogen-bond acceptors (Lipinski definition) is 6. The average Bonchev–Trinajstić information content (AvgIpc) is 2.90.